The average molecular weight is 391 g/mol. The first-order valence-electron chi connectivity index (χ1n) is 9.47. The zero-order chi connectivity index (χ0) is 20.1. The molecule has 1 unspecified atom stereocenters. The van der Waals surface area contributed by atoms with E-state index in [1.54, 1.807) is 54.9 Å². The van der Waals surface area contributed by atoms with Gasteiger partial charge in [-0.15, -0.1) is 0 Å². The van der Waals surface area contributed by atoms with Gasteiger partial charge in [-0.25, -0.2) is 9.97 Å². The summed E-state index contributed by atoms with van der Waals surface area (Å²) in [6.45, 7) is 1.44. The van der Waals surface area contributed by atoms with Crippen LogP contribution in [0, 0.1) is 5.92 Å². The number of hydrogen-bond acceptors (Lipinski definition) is 6. The third-order valence-corrected chi connectivity index (χ3v) is 4.78. The Labute approximate surface area is 168 Å². The third-order valence-electron chi connectivity index (χ3n) is 4.78. The summed E-state index contributed by atoms with van der Waals surface area (Å²) in [6, 6.07) is 12.0. The molecule has 1 saturated heterocycles. The number of anilines is 3. The molecular weight excluding hydrogens is 370 g/mol. The van der Waals surface area contributed by atoms with Crippen molar-refractivity contribution in [2.24, 2.45) is 5.92 Å². The topological polar surface area (TPSA) is 100 Å². The lowest BCUT2D eigenvalue weighted by Gasteiger charge is -2.31. The molecule has 8 heteroatoms. The number of rotatable bonds is 5. The Morgan fingerprint density at radius 1 is 1.00 bits per heavy atom. The number of aromatic nitrogens is 2. The molecule has 2 N–H and O–H groups in total. The number of furan rings is 1. The maximum Gasteiger partial charge on any atom is 0.291 e. The van der Waals surface area contributed by atoms with Crippen LogP contribution in [0.5, 0.6) is 0 Å². The van der Waals surface area contributed by atoms with E-state index in [9.17, 15) is 9.59 Å². The Kier molecular flexibility index (Phi) is 5.51. The van der Waals surface area contributed by atoms with Gasteiger partial charge >= 0.3 is 0 Å². The summed E-state index contributed by atoms with van der Waals surface area (Å²) in [5.74, 6) is 0.411. The molecule has 148 valence electrons. The molecule has 2 amide bonds. The van der Waals surface area contributed by atoms with Crippen molar-refractivity contribution in [2.45, 2.75) is 12.8 Å². The average Bonchev–Trinajstić information content (AvgIpc) is 3.31. The van der Waals surface area contributed by atoms with Crippen LogP contribution in [0.25, 0.3) is 0 Å². The molecule has 8 nitrogen and oxygen atoms in total. The minimum atomic E-state index is -0.322. The van der Waals surface area contributed by atoms with E-state index in [1.807, 2.05) is 4.90 Å². The highest BCUT2D eigenvalue weighted by Gasteiger charge is 2.27. The van der Waals surface area contributed by atoms with E-state index in [2.05, 4.69) is 20.6 Å². The largest absolute Gasteiger partial charge is 0.459 e. The second-order valence-corrected chi connectivity index (χ2v) is 6.83. The number of piperidine rings is 1. The van der Waals surface area contributed by atoms with Crippen molar-refractivity contribution in [2.75, 3.05) is 28.6 Å². The van der Waals surface area contributed by atoms with Gasteiger partial charge in [0.25, 0.3) is 5.91 Å². The highest BCUT2D eigenvalue weighted by atomic mass is 16.3. The second-order valence-electron chi connectivity index (χ2n) is 6.83. The molecular formula is C21H21N5O3. The van der Waals surface area contributed by atoms with Gasteiger partial charge in [0.2, 0.25) is 11.9 Å². The normalized spacial score (nSPS) is 16.3. The fraction of sp³-hybridized carbons (Fsp3) is 0.238. The molecule has 1 aromatic carbocycles. The fourth-order valence-electron chi connectivity index (χ4n) is 3.31. The van der Waals surface area contributed by atoms with Crippen LogP contribution in [0.1, 0.15) is 23.4 Å². The van der Waals surface area contributed by atoms with Crippen LogP contribution in [-0.2, 0) is 4.79 Å². The van der Waals surface area contributed by atoms with Crippen LogP contribution >= 0.6 is 0 Å². The van der Waals surface area contributed by atoms with E-state index >= 15 is 0 Å². The Morgan fingerprint density at radius 2 is 1.72 bits per heavy atom. The van der Waals surface area contributed by atoms with Gasteiger partial charge in [-0.1, -0.05) is 0 Å². The molecule has 1 fully saturated rings. The zero-order valence-corrected chi connectivity index (χ0v) is 15.7. The smallest absolute Gasteiger partial charge is 0.291 e. The van der Waals surface area contributed by atoms with Crippen molar-refractivity contribution >= 4 is 29.1 Å². The Bertz CT molecular complexity index is 958. The number of carbonyl (C=O) groups excluding carboxylic acids is 2. The van der Waals surface area contributed by atoms with Crippen LogP contribution in [0.3, 0.4) is 0 Å². The molecule has 0 radical (unpaired) electrons. The van der Waals surface area contributed by atoms with Crippen molar-refractivity contribution in [3.63, 3.8) is 0 Å². The van der Waals surface area contributed by atoms with Crippen LogP contribution in [0.2, 0.25) is 0 Å². The van der Waals surface area contributed by atoms with Crippen LogP contribution < -0.4 is 15.5 Å². The van der Waals surface area contributed by atoms with Gasteiger partial charge in [0, 0.05) is 36.9 Å². The number of hydrogen-bond donors (Lipinski definition) is 2. The van der Waals surface area contributed by atoms with Crippen LogP contribution in [0.4, 0.5) is 17.3 Å². The summed E-state index contributed by atoms with van der Waals surface area (Å²) >= 11 is 0. The van der Waals surface area contributed by atoms with Crippen molar-refractivity contribution in [3.8, 4) is 0 Å². The van der Waals surface area contributed by atoms with E-state index in [-0.39, 0.29) is 23.5 Å². The molecule has 4 rings (SSSR count). The summed E-state index contributed by atoms with van der Waals surface area (Å²) in [4.78, 5) is 35.3. The molecule has 1 aliphatic heterocycles. The molecule has 1 aliphatic rings. The molecule has 29 heavy (non-hydrogen) atoms. The summed E-state index contributed by atoms with van der Waals surface area (Å²) in [5.41, 5.74) is 1.30. The third kappa shape index (κ3) is 4.60. The van der Waals surface area contributed by atoms with Gasteiger partial charge in [0.05, 0.1) is 12.2 Å². The lowest BCUT2D eigenvalue weighted by atomic mass is 9.97. The molecule has 0 aliphatic carbocycles. The molecule has 0 bridgehead atoms. The highest BCUT2D eigenvalue weighted by molar-refractivity contribution is 6.02. The van der Waals surface area contributed by atoms with E-state index in [1.165, 1.54) is 6.26 Å². The predicted molar refractivity (Wildman–Crippen MR) is 109 cm³/mol. The number of benzene rings is 1. The summed E-state index contributed by atoms with van der Waals surface area (Å²) in [6.07, 6.45) is 6.60. The lowest BCUT2D eigenvalue weighted by molar-refractivity contribution is -0.120. The van der Waals surface area contributed by atoms with E-state index in [0.717, 1.165) is 19.4 Å². The standard InChI is InChI=1S/C21H21N5O3/c27-19(15-4-1-12-26(14-15)21-22-10-3-11-23-21)24-16-6-8-17(9-7-16)25-20(28)18-5-2-13-29-18/h2-3,5-11,13,15H,1,4,12,14H2,(H,24,27)(H,25,28). The predicted octanol–water partition coefficient (Wildman–Crippen LogP) is 3.18. The lowest BCUT2D eigenvalue weighted by Crippen LogP contribution is -2.41. The van der Waals surface area contributed by atoms with Gasteiger partial charge in [-0.05, 0) is 55.3 Å². The van der Waals surface area contributed by atoms with Crippen LogP contribution in [0.15, 0.2) is 65.5 Å². The van der Waals surface area contributed by atoms with Gasteiger partial charge in [0.1, 0.15) is 0 Å². The van der Waals surface area contributed by atoms with Crippen molar-refractivity contribution < 1.29 is 14.0 Å². The van der Waals surface area contributed by atoms with Crippen molar-refractivity contribution in [3.05, 3.63) is 66.9 Å². The fourth-order valence-corrected chi connectivity index (χ4v) is 3.31. The number of amides is 2. The Hall–Kier alpha value is -3.68. The van der Waals surface area contributed by atoms with E-state index in [4.69, 9.17) is 4.42 Å². The van der Waals surface area contributed by atoms with Crippen molar-refractivity contribution in [1.82, 2.24) is 9.97 Å². The zero-order valence-electron chi connectivity index (χ0n) is 15.7. The maximum absolute atomic E-state index is 12.7. The summed E-state index contributed by atoms with van der Waals surface area (Å²) in [7, 11) is 0. The summed E-state index contributed by atoms with van der Waals surface area (Å²) in [5, 5.41) is 5.70. The first kappa shape index (κ1) is 18.7. The number of carbonyl (C=O) groups is 2. The molecule has 0 saturated carbocycles. The number of nitrogens with one attached hydrogen (secondary N) is 2. The monoisotopic (exact) mass is 391 g/mol. The summed E-state index contributed by atoms with van der Waals surface area (Å²) < 4.78 is 5.07. The van der Waals surface area contributed by atoms with Gasteiger partial charge in [0.15, 0.2) is 5.76 Å². The minimum absolute atomic E-state index is 0.0296. The molecule has 1 atom stereocenters. The van der Waals surface area contributed by atoms with Gasteiger partial charge < -0.3 is 20.0 Å². The SMILES string of the molecule is O=C(Nc1ccc(NC(=O)C2CCCN(c3ncccn3)C2)cc1)c1ccco1. The first-order valence-corrected chi connectivity index (χ1v) is 9.47. The molecule has 3 aromatic rings. The van der Waals surface area contributed by atoms with E-state index in [0.29, 0.717) is 23.9 Å². The Morgan fingerprint density at radius 3 is 2.41 bits per heavy atom. The Balaban J connectivity index is 1.34. The number of nitrogens with zero attached hydrogens (tertiary/aromatic N) is 3. The van der Waals surface area contributed by atoms with Crippen molar-refractivity contribution in [1.29, 1.82) is 0 Å². The maximum atomic E-state index is 12.7. The molecule has 0 spiro atoms. The first-order chi connectivity index (χ1) is 14.2. The molecule has 2 aromatic heterocycles. The van der Waals surface area contributed by atoms with Gasteiger partial charge in [-0.3, -0.25) is 9.59 Å². The van der Waals surface area contributed by atoms with Crippen LogP contribution in [-0.4, -0.2) is 34.9 Å². The second kappa shape index (κ2) is 8.55. The molecule has 3 heterocycles. The van der Waals surface area contributed by atoms with Gasteiger partial charge in [-0.2, -0.15) is 0 Å². The van der Waals surface area contributed by atoms with E-state index < -0.39 is 0 Å². The minimum Gasteiger partial charge on any atom is -0.459 e. The quantitative estimate of drug-likeness (QED) is 0.693. The highest BCUT2D eigenvalue weighted by Crippen LogP contribution is 2.22.